The number of pyridine rings is 1. The van der Waals surface area contributed by atoms with Gasteiger partial charge in [-0.15, -0.1) is 0 Å². The number of rotatable bonds is 4. The molecule has 0 saturated carbocycles. The van der Waals surface area contributed by atoms with Gasteiger partial charge in [0.15, 0.2) is 0 Å². The second-order valence-corrected chi connectivity index (χ2v) is 6.07. The number of carbonyl (C=O) groups is 2. The maximum Gasteiger partial charge on any atom is 0.270 e. The number of likely N-dealkylation sites (tertiary alicyclic amines) is 1. The van der Waals surface area contributed by atoms with Gasteiger partial charge in [-0.05, 0) is 29.8 Å². The topological polar surface area (TPSA) is 62.3 Å². The Morgan fingerprint density at radius 3 is 2.71 bits per heavy atom. The Hall–Kier alpha value is -2.47. The summed E-state index contributed by atoms with van der Waals surface area (Å²) in [6.45, 7) is 0.806. The summed E-state index contributed by atoms with van der Waals surface area (Å²) in [4.78, 5) is 29.8. The number of hydrogen-bond donors (Lipinski definition) is 1. The Bertz CT molecular complexity index is 749. The zero-order chi connectivity index (χ0) is 17.1. The van der Waals surface area contributed by atoms with Gasteiger partial charge in [0.1, 0.15) is 11.5 Å². The second-order valence-electron chi connectivity index (χ2n) is 5.64. The van der Waals surface area contributed by atoms with Crippen LogP contribution in [0.5, 0.6) is 0 Å². The van der Waals surface area contributed by atoms with Crippen LogP contribution in [-0.4, -0.2) is 34.3 Å². The molecule has 1 aliphatic rings. The summed E-state index contributed by atoms with van der Waals surface area (Å²) >= 11 is 5.74. The summed E-state index contributed by atoms with van der Waals surface area (Å²) in [7, 11) is 0. The molecule has 0 unspecified atom stereocenters. The third-order valence-electron chi connectivity index (χ3n) is 3.80. The van der Waals surface area contributed by atoms with Crippen LogP contribution in [-0.2, 0) is 11.3 Å². The van der Waals surface area contributed by atoms with E-state index in [9.17, 15) is 14.0 Å². The molecule has 124 valence electrons. The van der Waals surface area contributed by atoms with Gasteiger partial charge in [0.05, 0.1) is 11.1 Å². The SMILES string of the molecule is O=C(N[C@H]1CC(=O)N(Cc2ccc(F)cc2)C1)c1ccc(Cl)cn1. The molecular formula is C17H15ClFN3O2. The summed E-state index contributed by atoms with van der Waals surface area (Å²) < 4.78 is 12.9. The molecule has 2 amide bonds. The molecule has 0 bridgehead atoms. The van der Waals surface area contributed by atoms with E-state index in [-0.39, 0.29) is 35.8 Å². The maximum atomic E-state index is 12.9. The Morgan fingerprint density at radius 2 is 2.04 bits per heavy atom. The molecule has 1 saturated heterocycles. The van der Waals surface area contributed by atoms with Gasteiger partial charge in [-0.25, -0.2) is 9.37 Å². The fourth-order valence-corrected chi connectivity index (χ4v) is 2.71. The first kappa shape index (κ1) is 16.4. The molecule has 1 N–H and O–H groups in total. The Morgan fingerprint density at radius 1 is 1.29 bits per heavy atom. The molecule has 24 heavy (non-hydrogen) atoms. The lowest BCUT2D eigenvalue weighted by Crippen LogP contribution is -2.37. The molecule has 1 aromatic carbocycles. The first-order chi connectivity index (χ1) is 11.5. The Labute approximate surface area is 143 Å². The third kappa shape index (κ3) is 3.89. The number of nitrogens with zero attached hydrogens (tertiary/aromatic N) is 2. The van der Waals surface area contributed by atoms with Crippen LogP contribution in [0.4, 0.5) is 4.39 Å². The molecule has 0 aliphatic carbocycles. The quantitative estimate of drug-likeness (QED) is 0.923. The molecule has 1 aliphatic heterocycles. The number of halogens is 2. The van der Waals surface area contributed by atoms with Gasteiger partial charge in [0.2, 0.25) is 5.91 Å². The van der Waals surface area contributed by atoms with Crippen LogP contribution >= 0.6 is 11.6 Å². The monoisotopic (exact) mass is 347 g/mol. The van der Waals surface area contributed by atoms with Crippen molar-refractivity contribution in [3.05, 3.63) is 64.7 Å². The van der Waals surface area contributed by atoms with E-state index in [1.54, 1.807) is 23.1 Å². The van der Waals surface area contributed by atoms with Crippen molar-refractivity contribution in [3.8, 4) is 0 Å². The minimum atomic E-state index is -0.340. The highest BCUT2D eigenvalue weighted by molar-refractivity contribution is 6.30. The highest BCUT2D eigenvalue weighted by Crippen LogP contribution is 2.16. The number of hydrogen-bond acceptors (Lipinski definition) is 3. The molecule has 1 aromatic heterocycles. The van der Waals surface area contributed by atoms with E-state index >= 15 is 0 Å². The van der Waals surface area contributed by atoms with Crippen molar-refractivity contribution < 1.29 is 14.0 Å². The van der Waals surface area contributed by atoms with Crippen LogP contribution in [0.15, 0.2) is 42.6 Å². The molecule has 0 spiro atoms. The first-order valence-corrected chi connectivity index (χ1v) is 7.84. The molecule has 2 heterocycles. The maximum absolute atomic E-state index is 12.9. The minimum absolute atomic E-state index is 0.0475. The lowest BCUT2D eigenvalue weighted by atomic mass is 10.2. The molecule has 3 rings (SSSR count). The van der Waals surface area contributed by atoms with Crippen LogP contribution in [0.1, 0.15) is 22.5 Å². The number of carbonyl (C=O) groups excluding carboxylic acids is 2. The smallest absolute Gasteiger partial charge is 0.270 e. The predicted molar refractivity (Wildman–Crippen MR) is 86.9 cm³/mol. The molecule has 7 heteroatoms. The van der Waals surface area contributed by atoms with E-state index in [0.717, 1.165) is 5.56 Å². The molecule has 2 aromatic rings. The van der Waals surface area contributed by atoms with Crippen molar-refractivity contribution >= 4 is 23.4 Å². The minimum Gasteiger partial charge on any atom is -0.346 e. The second kappa shape index (κ2) is 6.97. The predicted octanol–water partition coefficient (Wildman–Crippen LogP) is 2.41. The molecule has 1 fully saturated rings. The van der Waals surface area contributed by atoms with E-state index in [0.29, 0.717) is 18.1 Å². The van der Waals surface area contributed by atoms with E-state index in [1.807, 2.05) is 0 Å². The summed E-state index contributed by atoms with van der Waals surface area (Å²) in [6.07, 6.45) is 1.64. The summed E-state index contributed by atoms with van der Waals surface area (Å²) in [5.41, 5.74) is 1.10. The highest BCUT2D eigenvalue weighted by atomic mass is 35.5. The fraction of sp³-hybridized carbons (Fsp3) is 0.235. The van der Waals surface area contributed by atoms with Crippen molar-refractivity contribution in [2.75, 3.05) is 6.54 Å². The normalized spacial score (nSPS) is 17.2. The van der Waals surface area contributed by atoms with Crippen LogP contribution < -0.4 is 5.32 Å². The van der Waals surface area contributed by atoms with Gasteiger partial charge < -0.3 is 10.2 Å². The average Bonchev–Trinajstić information content (AvgIpc) is 2.89. The van der Waals surface area contributed by atoms with Crippen molar-refractivity contribution in [2.45, 2.75) is 19.0 Å². The molecule has 0 radical (unpaired) electrons. The largest absolute Gasteiger partial charge is 0.346 e. The van der Waals surface area contributed by atoms with Gasteiger partial charge in [-0.3, -0.25) is 9.59 Å². The van der Waals surface area contributed by atoms with E-state index in [2.05, 4.69) is 10.3 Å². The van der Waals surface area contributed by atoms with Gasteiger partial charge in [0, 0.05) is 25.7 Å². The van der Waals surface area contributed by atoms with Crippen molar-refractivity contribution in [3.63, 3.8) is 0 Å². The fourth-order valence-electron chi connectivity index (χ4n) is 2.60. The summed E-state index contributed by atoms with van der Waals surface area (Å²) in [5.74, 6) is -0.700. The number of benzene rings is 1. The molecule has 5 nitrogen and oxygen atoms in total. The summed E-state index contributed by atoms with van der Waals surface area (Å²) in [5, 5.41) is 3.25. The lowest BCUT2D eigenvalue weighted by molar-refractivity contribution is -0.128. The first-order valence-electron chi connectivity index (χ1n) is 7.46. The van der Waals surface area contributed by atoms with E-state index < -0.39 is 0 Å². The van der Waals surface area contributed by atoms with E-state index in [4.69, 9.17) is 11.6 Å². The van der Waals surface area contributed by atoms with Gasteiger partial charge >= 0.3 is 0 Å². The highest BCUT2D eigenvalue weighted by Gasteiger charge is 2.30. The molecular weight excluding hydrogens is 333 g/mol. The van der Waals surface area contributed by atoms with Gasteiger partial charge in [-0.1, -0.05) is 23.7 Å². The molecule has 1 atom stereocenters. The standard InChI is InChI=1S/C17H15ClFN3O2/c18-12-3-6-15(20-8-12)17(24)21-14-7-16(23)22(10-14)9-11-1-4-13(19)5-2-11/h1-6,8,14H,7,9-10H2,(H,21,24)/t14-/m0/s1. The average molecular weight is 348 g/mol. The van der Waals surface area contributed by atoms with Crippen molar-refractivity contribution in [1.82, 2.24) is 15.2 Å². The Kier molecular flexibility index (Phi) is 4.76. The third-order valence-corrected chi connectivity index (χ3v) is 4.02. The lowest BCUT2D eigenvalue weighted by Gasteiger charge is -2.17. The number of nitrogens with one attached hydrogen (secondary N) is 1. The van der Waals surface area contributed by atoms with Gasteiger partial charge in [-0.2, -0.15) is 0 Å². The van der Waals surface area contributed by atoms with Gasteiger partial charge in [0.25, 0.3) is 5.91 Å². The zero-order valence-electron chi connectivity index (χ0n) is 12.7. The number of aromatic nitrogens is 1. The van der Waals surface area contributed by atoms with Crippen LogP contribution in [0, 0.1) is 5.82 Å². The van der Waals surface area contributed by atoms with Crippen LogP contribution in [0.3, 0.4) is 0 Å². The Balaban J connectivity index is 1.59. The number of amides is 2. The van der Waals surface area contributed by atoms with E-state index in [1.165, 1.54) is 24.4 Å². The zero-order valence-corrected chi connectivity index (χ0v) is 13.5. The van der Waals surface area contributed by atoms with Crippen LogP contribution in [0.2, 0.25) is 5.02 Å². The van der Waals surface area contributed by atoms with Crippen molar-refractivity contribution in [2.24, 2.45) is 0 Å². The van der Waals surface area contributed by atoms with Crippen LogP contribution in [0.25, 0.3) is 0 Å². The summed E-state index contributed by atoms with van der Waals surface area (Å²) in [6, 6.07) is 8.86. The van der Waals surface area contributed by atoms with Crippen molar-refractivity contribution in [1.29, 1.82) is 0 Å².